The number of sulfonamides is 1. The first-order valence-electron chi connectivity index (χ1n) is 7.51. The predicted molar refractivity (Wildman–Crippen MR) is 97.4 cm³/mol. The highest BCUT2D eigenvalue weighted by Gasteiger charge is 2.33. The largest absolute Gasteiger partial charge is 0.332 e. The molecule has 132 valence electrons. The fraction of sp³-hybridized carbons (Fsp3) is 0.176. The van der Waals surface area contributed by atoms with E-state index in [0.29, 0.717) is 10.7 Å². The van der Waals surface area contributed by atoms with Crippen LogP contribution >= 0.6 is 11.6 Å². The third kappa shape index (κ3) is 5.04. The minimum atomic E-state index is -4.19. The molecule has 0 radical (unpaired) electrons. The number of hydrogen-bond donors (Lipinski definition) is 2. The Morgan fingerprint density at radius 3 is 2.36 bits per heavy atom. The van der Waals surface area contributed by atoms with Crippen LogP contribution in [0, 0.1) is 0 Å². The lowest BCUT2D eigenvalue weighted by Gasteiger charge is -2.16. The molecule has 0 aliphatic carbocycles. The van der Waals surface area contributed by atoms with E-state index >= 15 is 0 Å². The second-order valence-corrected chi connectivity index (χ2v) is 7.54. The van der Waals surface area contributed by atoms with Crippen LogP contribution in [0.15, 0.2) is 54.6 Å². The number of nitrogens with one attached hydrogen (secondary N) is 2. The zero-order valence-electron chi connectivity index (χ0n) is 13.4. The van der Waals surface area contributed by atoms with Crippen molar-refractivity contribution in [1.29, 1.82) is 0 Å². The number of halogens is 1. The van der Waals surface area contributed by atoms with Crippen molar-refractivity contribution in [2.45, 2.75) is 18.6 Å². The summed E-state index contributed by atoms with van der Waals surface area (Å²) in [6, 6.07) is 13.4. The van der Waals surface area contributed by atoms with Crippen molar-refractivity contribution in [3.05, 3.63) is 65.2 Å². The third-order valence-electron chi connectivity index (χ3n) is 3.41. The van der Waals surface area contributed by atoms with Gasteiger partial charge in [0.05, 0.1) is 0 Å². The second kappa shape index (κ2) is 8.13. The Kier molecular flexibility index (Phi) is 6.17. The minimum Gasteiger partial charge on any atom is -0.307 e. The number of carbonyl (C=O) groups excluding carboxylic acids is 2. The van der Waals surface area contributed by atoms with E-state index in [4.69, 9.17) is 11.6 Å². The molecule has 0 heterocycles. The summed E-state index contributed by atoms with van der Waals surface area (Å²) in [7, 11) is -4.19. The van der Waals surface area contributed by atoms with E-state index in [1.54, 1.807) is 43.3 Å². The molecule has 2 amide bonds. The topological polar surface area (TPSA) is 92.3 Å². The summed E-state index contributed by atoms with van der Waals surface area (Å²) in [5, 5.41) is 1.41. The van der Waals surface area contributed by atoms with Crippen molar-refractivity contribution in [1.82, 2.24) is 4.72 Å². The highest BCUT2D eigenvalue weighted by atomic mass is 35.5. The molecular weight excluding hydrogens is 364 g/mol. The van der Waals surface area contributed by atoms with Gasteiger partial charge < -0.3 is 5.32 Å². The van der Waals surface area contributed by atoms with Crippen molar-refractivity contribution < 1.29 is 18.0 Å². The van der Waals surface area contributed by atoms with Crippen LogP contribution in [0.2, 0.25) is 5.02 Å². The molecule has 25 heavy (non-hydrogen) atoms. The number of urea groups is 1. The molecule has 8 heteroatoms. The second-order valence-electron chi connectivity index (χ2n) is 5.24. The van der Waals surface area contributed by atoms with Gasteiger partial charge in [0.1, 0.15) is 5.25 Å². The summed E-state index contributed by atoms with van der Waals surface area (Å²) in [4.78, 5) is 24.4. The molecule has 0 bridgehead atoms. The van der Waals surface area contributed by atoms with Gasteiger partial charge in [-0.25, -0.2) is 17.9 Å². The first-order valence-corrected chi connectivity index (χ1v) is 9.43. The van der Waals surface area contributed by atoms with Gasteiger partial charge >= 0.3 is 6.03 Å². The van der Waals surface area contributed by atoms with E-state index in [-0.39, 0.29) is 12.0 Å². The van der Waals surface area contributed by atoms with Gasteiger partial charge in [-0.15, -0.1) is 0 Å². The molecule has 2 N–H and O–H groups in total. The molecule has 0 spiro atoms. The standard InChI is InChI=1S/C17H17ClN2O4S/c1-2-15(16(21)12-7-4-3-5-8-12)25(23,24)20-17(22)19-14-10-6-9-13(18)11-14/h3-11,15H,2H2,1H3,(H2,19,20,22). The number of rotatable bonds is 6. The smallest absolute Gasteiger partial charge is 0.307 e. The first-order chi connectivity index (χ1) is 11.8. The maximum Gasteiger partial charge on any atom is 0.332 e. The van der Waals surface area contributed by atoms with E-state index in [1.807, 2.05) is 4.72 Å². The number of hydrogen-bond acceptors (Lipinski definition) is 4. The van der Waals surface area contributed by atoms with Crippen molar-refractivity contribution in [2.24, 2.45) is 0 Å². The molecule has 0 fully saturated rings. The Morgan fingerprint density at radius 2 is 1.76 bits per heavy atom. The number of ketones is 1. The molecule has 2 rings (SSSR count). The van der Waals surface area contributed by atoms with Crippen molar-refractivity contribution >= 4 is 39.1 Å². The summed E-state index contributed by atoms with van der Waals surface area (Å²) < 4.78 is 26.7. The number of anilines is 1. The normalized spacial score (nSPS) is 12.2. The lowest BCUT2D eigenvalue weighted by molar-refractivity contribution is 0.0985. The first kappa shape index (κ1) is 19.0. The highest BCUT2D eigenvalue weighted by molar-refractivity contribution is 7.91. The maximum atomic E-state index is 12.4. The fourth-order valence-electron chi connectivity index (χ4n) is 2.26. The van der Waals surface area contributed by atoms with Gasteiger partial charge in [0.2, 0.25) is 10.0 Å². The maximum absolute atomic E-state index is 12.4. The Hall–Kier alpha value is -2.38. The Morgan fingerprint density at radius 1 is 1.08 bits per heavy atom. The lowest BCUT2D eigenvalue weighted by atomic mass is 10.1. The third-order valence-corrected chi connectivity index (χ3v) is 5.42. The molecule has 0 aliphatic heterocycles. The van der Waals surface area contributed by atoms with Crippen LogP contribution in [0.1, 0.15) is 23.7 Å². The van der Waals surface area contributed by atoms with Crippen molar-refractivity contribution in [3.8, 4) is 0 Å². The van der Waals surface area contributed by atoms with Crippen LogP contribution in [-0.4, -0.2) is 25.5 Å². The van der Waals surface area contributed by atoms with E-state index < -0.39 is 27.1 Å². The van der Waals surface area contributed by atoms with Gasteiger partial charge in [-0.2, -0.15) is 0 Å². The van der Waals surface area contributed by atoms with Gasteiger partial charge in [0.25, 0.3) is 0 Å². The molecule has 0 aromatic heterocycles. The molecule has 2 aromatic carbocycles. The molecular formula is C17H17ClN2O4S. The molecule has 1 unspecified atom stereocenters. The van der Waals surface area contributed by atoms with Gasteiger partial charge in [0.15, 0.2) is 5.78 Å². The summed E-state index contributed by atoms with van der Waals surface area (Å²) >= 11 is 5.81. The molecule has 0 saturated heterocycles. The Bertz CT molecular complexity index is 869. The van der Waals surface area contributed by atoms with Crippen LogP contribution in [0.4, 0.5) is 10.5 Å². The molecule has 2 aromatic rings. The quantitative estimate of drug-likeness (QED) is 0.750. The van der Waals surface area contributed by atoms with Gasteiger partial charge in [-0.05, 0) is 24.6 Å². The molecule has 1 atom stereocenters. The summed E-state index contributed by atoms with van der Waals surface area (Å²) in [5.74, 6) is -0.564. The van der Waals surface area contributed by atoms with Crippen molar-refractivity contribution in [3.63, 3.8) is 0 Å². The van der Waals surface area contributed by atoms with Crippen LogP contribution in [-0.2, 0) is 10.0 Å². The molecule has 0 aliphatic rings. The minimum absolute atomic E-state index is 0.0352. The number of benzene rings is 2. The molecule has 6 nitrogen and oxygen atoms in total. The highest BCUT2D eigenvalue weighted by Crippen LogP contribution is 2.16. The van der Waals surface area contributed by atoms with Crippen LogP contribution in [0.5, 0.6) is 0 Å². The monoisotopic (exact) mass is 380 g/mol. The number of carbonyl (C=O) groups is 2. The van der Waals surface area contributed by atoms with E-state index in [1.165, 1.54) is 18.2 Å². The average molecular weight is 381 g/mol. The van der Waals surface area contributed by atoms with E-state index in [0.717, 1.165) is 0 Å². The summed E-state index contributed by atoms with van der Waals surface area (Å²) in [5.41, 5.74) is 0.609. The predicted octanol–water partition coefficient (Wildman–Crippen LogP) is 3.45. The van der Waals surface area contributed by atoms with Gasteiger partial charge in [-0.1, -0.05) is 54.9 Å². The lowest BCUT2D eigenvalue weighted by Crippen LogP contribution is -2.43. The fourth-order valence-corrected chi connectivity index (χ4v) is 3.76. The summed E-state index contributed by atoms with van der Waals surface area (Å²) in [6.45, 7) is 1.57. The number of amides is 2. The van der Waals surface area contributed by atoms with Crippen LogP contribution < -0.4 is 10.0 Å². The van der Waals surface area contributed by atoms with Crippen LogP contribution in [0.3, 0.4) is 0 Å². The zero-order chi connectivity index (χ0) is 18.4. The Labute approximate surface area is 151 Å². The van der Waals surface area contributed by atoms with Gasteiger partial charge in [-0.3, -0.25) is 4.79 Å². The number of Topliss-reactive ketones (excluding diaryl/α,β-unsaturated/α-hetero) is 1. The summed E-state index contributed by atoms with van der Waals surface area (Å²) in [6.07, 6.45) is 0.0352. The van der Waals surface area contributed by atoms with E-state index in [9.17, 15) is 18.0 Å². The SMILES string of the molecule is CCC(C(=O)c1ccccc1)S(=O)(=O)NC(=O)Nc1cccc(Cl)c1. The zero-order valence-corrected chi connectivity index (χ0v) is 15.0. The molecule has 0 saturated carbocycles. The van der Waals surface area contributed by atoms with Crippen molar-refractivity contribution in [2.75, 3.05) is 5.32 Å². The average Bonchev–Trinajstić information content (AvgIpc) is 2.55. The van der Waals surface area contributed by atoms with Gasteiger partial charge in [0, 0.05) is 16.3 Å². The van der Waals surface area contributed by atoms with Crippen LogP contribution in [0.25, 0.3) is 0 Å². The Balaban J connectivity index is 2.13. The van der Waals surface area contributed by atoms with E-state index in [2.05, 4.69) is 5.32 Å².